The number of alkyl halides is 3. The maximum atomic E-state index is 13.5. The third-order valence-electron chi connectivity index (χ3n) is 8.69. The molecule has 0 spiro atoms. The molecule has 1 atom stereocenters. The predicted molar refractivity (Wildman–Crippen MR) is 173 cm³/mol. The molecule has 2 aliphatic rings. The molecule has 2 saturated heterocycles. The average Bonchev–Trinajstić information content (AvgIpc) is 3.61. The summed E-state index contributed by atoms with van der Waals surface area (Å²) in [5.74, 6) is 6.05. The van der Waals surface area contributed by atoms with E-state index in [1.807, 2.05) is 43.0 Å². The Labute approximate surface area is 268 Å². The Morgan fingerprint density at radius 2 is 1.89 bits per heavy atom. The minimum absolute atomic E-state index is 0.168. The summed E-state index contributed by atoms with van der Waals surface area (Å²) >= 11 is 0. The van der Waals surface area contributed by atoms with Crippen LogP contribution >= 0.6 is 0 Å². The number of methoxy groups -OCH3 is 1. The number of amides is 1. The number of nitrogens with zero attached hydrogens (tertiary/aromatic N) is 4. The highest BCUT2D eigenvalue weighted by molar-refractivity contribution is 5.83. The van der Waals surface area contributed by atoms with Crippen LogP contribution in [0.15, 0.2) is 42.6 Å². The quantitative estimate of drug-likeness (QED) is 0.288. The molecule has 0 bridgehead atoms. The standard InChI is InChI=1S/C34H44F3N7O2/c1-33(2,38)31-9-7-27(20-41-31)39-13-4-5-28-18-25-17-24(6-8-30(25)44(28)23-34(35,36)37)19-40-26-10-15-43(16-11-26)32(45)22-42-14-12-29(21-42)46-3/h6-9,17-18,20,26,29,39-40H,10-16,19,21-23,38H2,1-3H3. The van der Waals surface area contributed by atoms with Crippen LogP contribution in [0, 0.1) is 11.8 Å². The Balaban J connectivity index is 1.17. The van der Waals surface area contributed by atoms with Gasteiger partial charge in [-0.1, -0.05) is 12.0 Å². The number of ether oxygens (including phenoxy) is 1. The summed E-state index contributed by atoms with van der Waals surface area (Å²) in [4.78, 5) is 21.3. The minimum atomic E-state index is -4.39. The van der Waals surface area contributed by atoms with E-state index >= 15 is 0 Å². The molecule has 2 fully saturated rings. The Hall–Kier alpha value is -3.63. The molecule has 9 nitrogen and oxygen atoms in total. The van der Waals surface area contributed by atoms with Crippen molar-refractivity contribution in [2.24, 2.45) is 5.73 Å². The highest BCUT2D eigenvalue weighted by Crippen LogP contribution is 2.27. The van der Waals surface area contributed by atoms with Crippen LogP contribution in [0.3, 0.4) is 0 Å². The predicted octanol–water partition coefficient (Wildman–Crippen LogP) is 4.06. The Kier molecular flexibility index (Phi) is 10.6. The molecule has 2 aromatic heterocycles. The lowest BCUT2D eigenvalue weighted by Gasteiger charge is -2.33. The van der Waals surface area contributed by atoms with Crippen molar-refractivity contribution in [1.29, 1.82) is 0 Å². The number of anilines is 1. The number of rotatable bonds is 10. The van der Waals surface area contributed by atoms with Crippen molar-refractivity contribution in [3.8, 4) is 11.8 Å². The van der Waals surface area contributed by atoms with Gasteiger partial charge in [-0.3, -0.25) is 14.7 Å². The number of aromatic nitrogens is 2. The lowest BCUT2D eigenvalue weighted by molar-refractivity contribution is -0.140. The molecule has 5 rings (SSSR count). The summed E-state index contributed by atoms with van der Waals surface area (Å²) in [5.41, 5.74) is 8.80. The van der Waals surface area contributed by atoms with Gasteiger partial charge >= 0.3 is 6.18 Å². The highest BCUT2D eigenvalue weighted by Gasteiger charge is 2.30. The lowest BCUT2D eigenvalue weighted by Crippen LogP contribution is -2.47. The van der Waals surface area contributed by atoms with Gasteiger partial charge in [0.1, 0.15) is 6.54 Å². The fourth-order valence-electron chi connectivity index (χ4n) is 6.06. The molecule has 4 heterocycles. The van der Waals surface area contributed by atoms with E-state index in [-0.39, 0.29) is 24.6 Å². The fourth-order valence-corrected chi connectivity index (χ4v) is 6.06. The number of carbonyl (C=O) groups is 1. The molecule has 12 heteroatoms. The number of hydrogen-bond donors (Lipinski definition) is 3. The first-order valence-electron chi connectivity index (χ1n) is 15.8. The van der Waals surface area contributed by atoms with Crippen LogP contribution in [0.2, 0.25) is 0 Å². The number of nitrogens with two attached hydrogens (primary N) is 1. The number of likely N-dealkylation sites (tertiary alicyclic amines) is 2. The molecule has 1 amide bonds. The van der Waals surface area contributed by atoms with E-state index in [2.05, 4.69) is 32.4 Å². The van der Waals surface area contributed by atoms with Crippen molar-refractivity contribution >= 4 is 22.5 Å². The number of fused-ring (bicyclic) bond motifs is 1. The third kappa shape index (κ3) is 9.00. The van der Waals surface area contributed by atoms with E-state index in [1.54, 1.807) is 25.4 Å². The van der Waals surface area contributed by atoms with Gasteiger partial charge in [-0.05, 0) is 74.9 Å². The van der Waals surface area contributed by atoms with E-state index in [1.165, 1.54) is 4.57 Å². The summed E-state index contributed by atoms with van der Waals surface area (Å²) in [6.07, 6.45) is 0.165. The third-order valence-corrected chi connectivity index (χ3v) is 8.69. The first-order valence-corrected chi connectivity index (χ1v) is 15.8. The Bertz CT molecular complexity index is 1550. The summed E-state index contributed by atoms with van der Waals surface area (Å²) in [5, 5.41) is 7.42. The van der Waals surface area contributed by atoms with Crippen LogP contribution in [0.25, 0.3) is 10.9 Å². The summed E-state index contributed by atoms with van der Waals surface area (Å²) in [6.45, 7) is 7.01. The van der Waals surface area contributed by atoms with Crippen LogP contribution in [0.4, 0.5) is 18.9 Å². The summed E-state index contributed by atoms with van der Waals surface area (Å²) in [7, 11) is 1.71. The lowest BCUT2D eigenvalue weighted by atomic mass is 10.0. The van der Waals surface area contributed by atoms with Crippen LogP contribution in [-0.2, 0) is 28.2 Å². The first-order chi connectivity index (χ1) is 21.9. The van der Waals surface area contributed by atoms with Crippen molar-refractivity contribution in [3.05, 3.63) is 59.5 Å². The number of benzene rings is 1. The number of piperidine rings is 1. The molecule has 2 aliphatic heterocycles. The second-order valence-corrected chi connectivity index (χ2v) is 12.9. The monoisotopic (exact) mass is 639 g/mol. The minimum Gasteiger partial charge on any atom is -0.380 e. The average molecular weight is 640 g/mol. The number of hydrogen-bond acceptors (Lipinski definition) is 7. The van der Waals surface area contributed by atoms with Gasteiger partial charge in [0.05, 0.1) is 48.0 Å². The molecule has 4 N–H and O–H groups in total. The van der Waals surface area contributed by atoms with Crippen LogP contribution in [-0.4, -0.2) is 90.0 Å². The fraction of sp³-hybridized carbons (Fsp3) is 0.529. The first kappa shape index (κ1) is 33.7. The van der Waals surface area contributed by atoms with Gasteiger partial charge in [-0.25, -0.2) is 0 Å². The van der Waals surface area contributed by atoms with E-state index in [9.17, 15) is 18.0 Å². The van der Waals surface area contributed by atoms with Gasteiger partial charge in [0, 0.05) is 56.8 Å². The SMILES string of the molecule is COC1CCN(CC(=O)N2CCC(NCc3ccc4c(c3)cc(C#CCNc3ccc(C(C)(C)N)nc3)n4CC(F)(F)F)CC2)C1. The molecule has 0 saturated carbocycles. The van der Waals surface area contributed by atoms with Crippen LogP contribution in [0.1, 0.15) is 50.1 Å². The number of carbonyl (C=O) groups excluding carboxylic acids is 1. The molecule has 3 aromatic rings. The van der Waals surface area contributed by atoms with Crippen LogP contribution in [0.5, 0.6) is 0 Å². The number of halogens is 3. The highest BCUT2D eigenvalue weighted by atomic mass is 19.4. The second-order valence-electron chi connectivity index (χ2n) is 12.9. The van der Waals surface area contributed by atoms with Crippen molar-refractivity contribution in [2.75, 3.05) is 51.7 Å². The summed E-state index contributed by atoms with van der Waals surface area (Å²) in [6, 6.07) is 11.2. The molecular weight excluding hydrogens is 595 g/mol. The Morgan fingerprint density at radius 3 is 2.54 bits per heavy atom. The second kappa shape index (κ2) is 14.4. The molecule has 1 aromatic carbocycles. The molecule has 248 valence electrons. The molecule has 0 radical (unpaired) electrons. The smallest absolute Gasteiger partial charge is 0.380 e. The topological polar surface area (TPSA) is 101 Å². The maximum absolute atomic E-state index is 13.5. The van der Waals surface area contributed by atoms with E-state index in [4.69, 9.17) is 10.5 Å². The van der Waals surface area contributed by atoms with Gasteiger partial charge in [-0.2, -0.15) is 13.2 Å². The molecule has 46 heavy (non-hydrogen) atoms. The van der Waals surface area contributed by atoms with Gasteiger partial charge < -0.3 is 30.6 Å². The zero-order chi connectivity index (χ0) is 32.9. The largest absolute Gasteiger partial charge is 0.406 e. The molecule has 0 aliphatic carbocycles. The van der Waals surface area contributed by atoms with Crippen molar-refractivity contribution in [2.45, 2.75) is 70.1 Å². The van der Waals surface area contributed by atoms with Crippen molar-refractivity contribution in [3.63, 3.8) is 0 Å². The van der Waals surface area contributed by atoms with Gasteiger partial charge in [0.2, 0.25) is 5.91 Å². The molecular formula is C34H44F3N7O2. The van der Waals surface area contributed by atoms with Gasteiger partial charge in [-0.15, -0.1) is 0 Å². The van der Waals surface area contributed by atoms with Crippen molar-refractivity contribution < 1.29 is 22.7 Å². The van der Waals surface area contributed by atoms with Crippen molar-refractivity contribution in [1.82, 2.24) is 24.7 Å². The normalized spacial score (nSPS) is 18.2. The zero-order valence-electron chi connectivity index (χ0n) is 26.8. The van der Waals surface area contributed by atoms with E-state index in [0.29, 0.717) is 42.8 Å². The Morgan fingerprint density at radius 1 is 1.11 bits per heavy atom. The number of nitrogens with one attached hydrogen (secondary N) is 2. The number of pyridine rings is 1. The van der Waals surface area contributed by atoms with E-state index < -0.39 is 18.3 Å². The molecule has 1 unspecified atom stereocenters. The van der Waals surface area contributed by atoms with Gasteiger partial charge in [0.25, 0.3) is 0 Å². The van der Waals surface area contributed by atoms with E-state index in [0.717, 1.165) is 49.3 Å². The zero-order valence-corrected chi connectivity index (χ0v) is 26.8. The maximum Gasteiger partial charge on any atom is 0.406 e. The summed E-state index contributed by atoms with van der Waals surface area (Å²) < 4.78 is 47.2. The van der Waals surface area contributed by atoms with Gasteiger partial charge in [0.15, 0.2) is 0 Å². The van der Waals surface area contributed by atoms with Crippen LogP contribution < -0.4 is 16.4 Å².